The van der Waals surface area contributed by atoms with E-state index in [1.807, 2.05) is 0 Å². The molecule has 5 aliphatic rings. The van der Waals surface area contributed by atoms with E-state index < -0.39 is 5.79 Å². The third kappa shape index (κ3) is 3.56. The number of carbonyl (C=O) groups is 1. The lowest BCUT2D eigenvalue weighted by atomic mass is 9.46. The van der Waals surface area contributed by atoms with Crippen LogP contribution in [0.2, 0.25) is 0 Å². The highest BCUT2D eigenvalue weighted by Crippen LogP contribution is 2.67. The first-order chi connectivity index (χ1) is 15.2. The van der Waals surface area contributed by atoms with Crippen LogP contribution in [0.1, 0.15) is 98.8 Å². The lowest BCUT2D eigenvalue weighted by Gasteiger charge is -2.58. The maximum Gasteiger partial charge on any atom is 0.172 e. The topological polar surface area (TPSA) is 35.5 Å². The molecule has 1 aliphatic heterocycles. The van der Waals surface area contributed by atoms with Crippen LogP contribution in [0.15, 0.2) is 11.6 Å². The van der Waals surface area contributed by atoms with Crippen molar-refractivity contribution in [2.75, 3.05) is 13.2 Å². The molecule has 32 heavy (non-hydrogen) atoms. The second kappa shape index (κ2) is 8.22. The number of allylic oxidation sites excluding steroid dienone is 1. The van der Waals surface area contributed by atoms with Crippen LogP contribution in [0.25, 0.3) is 0 Å². The number of hydrogen-bond donors (Lipinski definition) is 0. The first-order valence-electron chi connectivity index (χ1n) is 13.7. The molecule has 0 aromatic rings. The molecule has 1 heterocycles. The summed E-state index contributed by atoms with van der Waals surface area (Å²) < 4.78 is 12.1. The number of fused-ring (bicyclic) bond motifs is 5. The van der Waals surface area contributed by atoms with Crippen LogP contribution in [-0.2, 0) is 14.3 Å². The molecule has 180 valence electrons. The minimum absolute atomic E-state index is 0.154. The first-order valence-corrected chi connectivity index (χ1v) is 13.7. The first kappa shape index (κ1) is 23.1. The molecule has 0 N–H and O–H groups in total. The fourth-order valence-corrected chi connectivity index (χ4v) is 9.12. The summed E-state index contributed by atoms with van der Waals surface area (Å²) in [5.41, 5.74) is 1.84. The number of ketones is 1. The van der Waals surface area contributed by atoms with Crippen LogP contribution in [-0.4, -0.2) is 24.8 Å². The molecule has 3 heteroatoms. The Labute approximate surface area is 196 Å². The summed E-state index contributed by atoms with van der Waals surface area (Å²) >= 11 is 0. The van der Waals surface area contributed by atoms with Crippen LogP contribution >= 0.6 is 0 Å². The van der Waals surface area contributed by atoms with Gasteiger partial charge in [-0.2, -0.15) is 0 Å². The van der Waals surface area contributed by atoms with Gasteiger partial charge in [-0.1, -0.05) is 59.5 Å². The van der Waals surface area contributed by atoms with Gasteiger partial charge in [-0.3, -0.25) is 4.79 Å². The van der Waals surface area contributed by atoms with Crippen molar-refractivity contribution in [2.45, 2.75) is 105 Å². The molecule has 0 aromatic carbocycles. The Balaban J connectivity index is 1.36. The van der Waals surface area contributed by atoms with Gasteiger partial charge in [0, 0.05) is 18.8 Å². The molecule has 1 spiro atoms. The molecule has 0 amide bonds. The average molecular weight is 443 g/mol. The van der Waals surface area contributed by atoms with Gasteiger partial charge >= 0.3 is 0 Å². The second-order valence-corrected chi connectivity index (χ2v) is 13.0. The van der Waals surface area contributed by atoms with Crippen molar-refractivity contribution in [3.8, 4) is 0 Å². The van der Waals surface area contributed by atoms with E-state index in [4.69, 9.17) is 9.47 Å². The molecule has 7 atom stereocenters. The molecule has 5 rings (SSSR count). The smallest absolute Gasteiger partial charge is 0.172 e. The van der Waals surface area contributed by atoms with E-state index >= 15 is 0 Å². The molecular formula is C29H46O3. The van der Waals surface area contributed by atoms with E-state index in [9.17, 15) is 4.79 Å². The van der Waals surface area contributed by atoms with E-state index in [-0.39, 0.29) is 11.3 Å². The van der Waals surface area contributed by atoms with Gasteiger partial charge in [0.1, 0.15) is 0 Å². The molecule has 4 fully saturated rings. The molecular weight excluding hydrogens is 396 g/mol. The summed E-state index contributed by atoms with van der Waals surface area (Å²) in [6, 6.07) is 0. The van der Waals surface area contributed by atoms with E-state index in [2.05, 4.69) is 40.7 Å². The Kier molecular flexibility index (Phi) is 5.93. The largest absolute Gasteiger partial charge is 0.347 e. The zero-order valence-corrected chi connectivity index (χ0v) is 21.3. The fraction of sp³-hybridized carbons (Fsp3) is 0.897. The van der Waals surface area contributed by atoms with Crippen LogP contribution in [0.4, 0.5) is 0 Å². The van der Waals surface area contributed by atoms with E-state index in [1.165, 1.54) is 50.5 Å². The molecule has 0 bridgehead atoms. The van der Waals surface area contributed by atoms with Crippen LogP contribution in [0.3, 0.4) is 0 Å². The molecule has 3 saturated carbocycles. The Bertz CT molecular complexity index is 762. The minimum atomic E-state index is -0.439. The lowest BCUT2D eigenvalue weighted by Crippen LogP contribution is -2.55. The van der Waals surface area contributed by atoms with Gasteiger partial charge in [0.15, 0.2) is 11.6 Å². The highest BCUT2D eigenvalue weighted by atomic mass is 16.7. The lowest BCUT2D eigenvalue weighted by molar-refractivity contribution is -0.185. The van der Waals surface area contributed by atoms with Gasteiger partial charge in [0.25, 0.3) is 0 Å². The number of rotatable bonds is 5. The second-order valence-electron chi connectivity index (χ2n) is 13.0. The van der Waals surface area contributed by atoms with Crippen LogP contribution in [0.5, 0.6) is 0 Å². The van der Waals surface area contributed by atoms with Gasteiger partial charge in [0.05, 0.1) is 13.2 Å². The van der Waals surface area contributed by atoms with Crippen molar-refractivity contribution in [1.82, 2.24) is 0 Å². The van der Waals surface area contributed by atoms with Gasteiger partial charge in [-0.15, -0.1) is 0 Å². The quantitative estimate of drug-likeness (QED) is 0.462. The average Bonchev–Trinajstić information content (AvgIpc) is 3.33. The van der Waals surface area contributed by atoms with Gasteiger partial charge < -0.3 is 9.47 Å². The zero-order chi connectivity index (χ0) is 22.7. The number of ether oxygens (including phenoxy) is 2. The summed E-state index contributed by atoms with van der Waals surface area (Å²) in [6.07, 6.45) is 14.1. The summed E-state index contributed by atoms with van der Waals surface area (Å²) in [4.78, 5) is 13.7. The third-order valence-corrected chi connectivity index (χ3v) is 11.0. The Morgan fingerprint density at radius 3 is 2.44 bits per heavy atom. The molecule has 0 radical (unpaired) electrons. The molecule has 3 unspecified atom stereocenters. The molecule has 1 saturated heterocycles. The zero-order valence-electron chi connectivity index (χ0n) is 21.3. The Hall–Kier alpha value is -0.670. The SMILES string of the molecule is CC(C)CCC[C@@H](C)[C@H]1CCC2C3C(=O)C=C4CC5(CC[C@]4(C)C3CC[C@@]21C)OCCO5. The maximum atomic E-state index is 13.7. The summed E-state index contributed by atoms with van der Waals surface area (Å²) in [5, 5.41) is 0. The Morgan fingerprint density at radius 2 is 1.72 bits per heavy atom. The molecule has 0 aromatic heterocycles. The van der Waals surface area contributed by atoms with Crippen molar-refractivity contribution >= 4 is 5.78 Å². The van der Waals surface area contributed by atoms with E-state index in [1.54, 1.807) is 0 Å². The summed E-state index contributed by atoms with van der Waals surface area (Å²) in [5.74, 6) is 3.72. The van der Waals surface area contributed by atoms with Crippen LogP contribution < -0.4 is 0 Å². The summed E-state index contributed by atoms with van der Waals surface area (Å²) in [7, 11) is 0. The van der Waals surface area contributed by atoms with Crippen molar-refractivity contribution in [1.29, 1.82) is 0 Å². The number of carbonyl (C=O) groups excluding carboxylic acids is 1. The minimum Gasteiger partial charge on any atom is -0.347 e. The van der Waals surface area contributed by atoms with Crippen molar-refractivity contribution < 1.29 is 14.3 Å². The normalized spacial score (nSPS) is 43.7. The highest BCUT2D eigenvalue weighted by molar-refractivity contribution is 5.94. The predicted octanol–water partition coefficient (Wildman–Crippen LogP) is 6.95. The number of hydrogen-bond acceptors (Lipinski definition) is 3. The van der Waals surface area contributed by atoms with Gasteiger partial charge in [0.2, 0.25) is 0 Å². The van der Waals surface area contributed by atoms with Crippen LogP contribution in [0, 0.1) is 46.3 Å². The standard InChI is InChI=1S/C29H46O3/c1-19(2)7-6-8-20(3)22-9-10-23-26-24(11-12-28(22,23)5)27(4)13-14-29(31-15-16-32-29)18-21(27)17-25(26)30/h17,19-20,22-24,26H,6-16,18H2,1-5H3/t20-,22-,23?,24?,26?,27+,28-/m1/s1. The van der Waals surface area contributed by atoms with Crippen molar-refractivity contribution in [3.05, 3.63) is 11.6 Å². The maximum absolute atomic E-state index is 13.7. The monoisotopic (exact) mass is 442 g/mol. The third-order valence-electron chi connectivity index (χ3n) is 11.0. The fourth-order valence-electron chi connectivity index (χ4n) is 9.12. The predicted molar refractivity (Wildman–Crippen MR) is 128 cm³/mol. The highest BCUT2D eigenvalue weighted by Gasteiger charge is 2.62. The van der Waals surface area contributed by atoms with Gasteiger partial charge in [-0.25, -0.2) is 0 Å². The molecule has 3 nitrogen and oxygen atoms in total. The summed E-state index contributed by atoms with van der Waals surface area (Å²) in [6.45, 7) is 13.6. The van der Waals surface area contributed by atoms with E-state index in [0.29, 0.717) is 36.2 Å². The van der Waals surface area contributed by atoms with E-state index in [0.717, 1.165) is 37.0 Å². The van der Waals surface area contributed by atoms with Crippen molar-refractivity contribution in [2.24, 2.45) is 46.3 Å². The van der Waals surface area contributed by atoms with Gasteiger partial charge in [-0.05, 0) is 78.6 Å². The molecule has 4 aliphatic carbocycles. The Morgan fingerprint density at radius 1 is 0.969 bits per heavy atom. The van der Waals surface area contributed by atoms with Crippen molar-refractivity contribution in [3.63, 3.8) is 0 Å².